The van der Waals surface area contributed by atoms with E-state index in [1.807, 2.05) is 18.2 Å². The van der Waals surface area contributed by atoms with E-state index in [0.29, 0.717) is 37.4 Å². The number of hydrogen-bond donors (Lipinski definition) is 0. The van der Waals surface area contributed by atoms with Crippen LogP contribution in [0, 0.1) is 0 Å². The molecule has 3 heterocycles. The Kier molecular flexibility index (Phi) is 4.57. The third-order valence-corrected chi connectivity index (χ3v) is 5.42. The Morgan fingerprint density at radius 3 is 2.69 bits per heavy atom. The van der Waals surface area contributed by atoms with Gasteiger partial charge in [0, 0.05) is 43.3 Å². The van der Waals surface area contributed by atoms with E-state index >= 15 is 0 Å². The maximum absolute atomic E-state index is 13.3. The summed E-state index contributed by atoms with van der Waals surface area (Å²) in [6, 6.07) is 5.89. The van der Waals surface area contributed by atoms with E-state index in [1.165, 1.54) is 0 Å². The van der Waals surface area contributed by atoms with Crippen LogP contribution in [0.3, 0.4) is 0 Å². The first kappa shape index (κ1) is 16.9. The highest BCUT2D eigenvalue weighted by molar-refractivity contribution is 5.95. The van der Waals surface area contributed by atoms with E-state index in [1.54, 1.807) is 23.5 Å². The largest absolute Gasteiger partial charge is 0.338 e. The van der Waals surface area contributed by atoms with Crippen LogP contribution in [0.15, 0.2) is 36.8 Å². The highest BCUT2D eigenvalue weighted by Crippen LogP contribution is 2.39. The fraction of sp³-hybridized carbons (Fsp3) is 0.450. The molecular weight excluding hydrogens is 331 g/mol. The lowest BCUT2D eigenvalue weighted by molar-refractivity contribution is 0.0667. The van der Waals surface area contributed by atoms with Gasteiger partial charge in [0.2, 0.25) is 0 Å². The summed E-state index contributed by atoms with van der Waals surface area (Å²) in [6.45, 7) is 4.07. The molecular formula is C20H23FN4O. The van der Waals surface area contributed by atoms with Gasteiger partial charge in [0.05, 0.1) is 6.20 Å². The zero-order valence-electron chi connectivity index (χ0n) is 14.9. The Labute approximate surface area is 152 Å². The summed E-state index contributed by atoms with van der Waals surface area (Å²) in [4.78, 5) is 25.3. The van der Waals surface area contributed by atoms with E-state index in [0.717, 1.165) is 30.0 Å². The number of carbonyl (C=O) groups excluding carboxylic acids is 1. The van der Waals surface area contributed by atoms with Gasteiger partial charge in [-0.05, 0) is 48.9 Å². The van der Waals surface area contributed by atoms with Gasteiger partial charge in [-0.2, -0.15) is 0 Å². The average Bonchev–Trinajstić information content (AvgIpc) is 2.69. The molecule has 2 aromatic rings. The van der Waals surface area contributed by atoms with Crippen molar-refractivity contribution in [2.45, 2.75) is 38.3 Å². The molecule has 1 aromatic carbocycles. The molecule has 2 aliphatic rings. The van der Waals surface area contributed by atoms with Gasteiger partial charge in [0.25, 0.3) is 5.91 Å². The molecule has 2 aliphatic heterocycles. The number of likely N-dealkylation sites (tertiary alicyclic amines) is 1. The summed E-state index contributed by atoms with van der Waals surface area (Å²) >= 11 is 0. The van der Waals surface area contributed by atoms with Crippen LogP contribution < -0.4 is 4.90 Å². The molecule has 1 atom stereocenters. The van der Waals surface area contributed by atoms with Crippen molar-refractivity contribution < 1.29 is 9.18 Å². The van der Waals surface area contributed by atoms with E-state index < -0.39 is 6.17 Å². The molecule has 26 heavy (non-hydrogen) atoms. The van der Waals surface area contributed by atoms with Gasteiger partial charge < -0.3 is 9.80 Å². The Morgan fingerprint density at radius 1 is 1.15 bits per heavy atom. The molecule has 1 saturated heterocycles. The molecule has 6 heteroatoms. The van der Waals surface area contributed by atoms with Gasteiger partial charge in [-0.1, -0.05) is 6.92 Å². The molecule has 5 nitrogen and oxygen atoms in total. The van der Waals surface area contributed by atoms with Crippen LogP contribution in [0.5, 0.6) is 0 Å². The fourth-order valence-corrected chi connectivity index (χ4v) is 3.83. The van der Waals surface area contributed by atoms with Gasteiger partial charge in [-0.25, -0.2) is 9.37 Å². The summed E-state index contributed by atoms with van der Waals surface area (Å²) in [5.74, 6) is 1.20. The topological polar surface area (TPSA) is 49.3 Å². The molecule has 0 bridgehead atoms. The number of halogens is 1. The number of hydrogen-bond acceptors (Lipinski definition) is 4. The first-order valence-electron chi connectivity index (χ1n) is 9.24. The number of amides is 1. The number of piperidine rings is 1. The van der Waals surface area contributed by atoms with Crippen molar-refractivity contribution in [3.63, 3.8) is 0 Å². The highest BCUT2D eigenvalue weighted by atomic mass is 19.1. The molecule has 1 amide bonds. The van der Waals surface area contributed by atoms with Gasteiger partial charge in [-0.3, -0.25) is 9.78 Å². The number of nitrogens with zero attached hydrogens (tertiary/aromatic N) is 4. The van der Waals surface area contributed by atoms with E-state index in [9.17, 15) is 9.18 Å². The first-order chi connectivity index (χ1) is 12.6. The Hall–Kier alpha value is -2.50. The lowest BCUT2D eigenvalue weighted by Gasteiger charge is -2.34. The second-order valence-corrected chi connectivity index (χ2v) is 7.15. The summed E-state index contributed by atoms with van der Waals surface area (Å²) in [7, 11) is 0. The van der Waals surface area contributed by atoms with Crippen LogP contribution in [0.2, 0.25) is 0 Å². The maximum atomic E-state index is 13.3. The number of fused-ring (bicyclic) bond motifs is 1. The van der Waals surface area contributed by atoms with Crippen LogP contribution in [0.1, 0.15) is 48.0 Å². The first-order valence-corrected chi connectivity index (χ1v) is 9.24. The second-order valence-electron chi connectivity index (χ2n) is 7.15. The monoisotopic (exact) mass is 354 g/mol. The number of rotatable bonds is 2. The molecule has 0 aliphatic carbocycles. The summed E-state index contributed by atoms with van der Waals surface area (Å²) in [6.07, 6.45) is 6.22. The van der Waals surface area contributed by atoms with Crippen molar-refractivity contribution in [1.29, 1.82) is 0 Å². The Bertz CT molecular complexity index is 790. The standard InChI is InChI=1S/C20H23FN4O/c1-14-4-11-25(19-13-22-7-8-23-19)18-3-2-15(12-17(14)18)20(26)24-9-5-16(21)6-10-24/h2-3,7-8,12-14,16H,4-6,9-11H2,1H3. The minimum absolute atomic E-state index is 0.00327. The minimum Gasteiger partial charge on any atom is -0.338 e. The van der Waals surface area contributed by atoms with Gasteiger partial charge in [-0.15, -0.1) is 0 Å². The van der Waals surface area contributed by atoms with Gasteiger partial charge in [0.1, 0.15) is 6.17 Å². The number of anilines is 2. The van der Waals surface area contributed by atoms with Crippen molar-refractivity contribution in [3.05, 3.63) is 47.9 Å². The number of carbonyl (C=O) groups is 1. The van der Waals surface area contributed by atoms with Crippen molar-refractivity contribution >= 4 is 17.4 Å². The smallest absolute Gasteiger partial charge is 0.253 e. The van der Waals surface area contributed by atoms with Crippen molar-refractivity contribution in [2.24, 2.45) is 0 Å². The molecule has 0 radical (unpaired) electrons. The summed E-state index contributed by atoms with van der Waals surface area (Å²) in [5, 5.41) is 0. The minimum atomic E-state index is -0.775. The molecule has 0 N–H and O–H groups in total. The second kappa shape index (κ2) is 7.02. The lowest BCUT2D eigenvalue weighted by Crippen LogP contribution is -2.39. The average molecular weight is 354 g/mol. The zero-order chi connectivity index (χ0) is 18.1. The quantitative estimate of drug-likeness (QED) is 0.825. The molecule has 0 saturated carbocycles. The Balaban J connectivity index is 1.63. The van der Waals surface area contributed by atoms with Crippen molar-refractivity contribution in [3.8, 4) is 0 Å². The normalized spacial score (nSPS) is 20.8. The Morgan fingerprint density at radius 2 is 1.96 bits per heavy atom. The van der Waals surface area contributed by atoms with Crippen LogP contribution in [0.25, 0.3) is 0 Å². The van der Waals surface area contributed by atoms with Gasteiger partial charge in [0.15, 0.2) is 5.82 Å². The van der Waals surface area contributed by atoms with Crippen LogP contribution in [-0.4, -0.2) is 46.6 Å². The lowest BCUT2D eigenvalue weighted by atomic mass is 9.90. The van der Waals surface area contributed by atoms with Crippen LogP contribution in [-0.2, 0) is 0 Å². The summed E-state index contributed by atoms with van der Waals surface area (Å²) in [5.41, 5.74) is 2.94. The number of aromatic nitrogens is 2. The fourth-order valence-electron chi connectivity index (χ4n) is 3.83. The number of alkyl halides is 1. The maximum Gasteiger partial charge on any atom is 0.253 e. The highest BCUT2D eigenvalue weighted by Gasteiger charge is 2.27. The number of benzene rings is 1. The predicted octanol–water partition coefficient (Wildman–Crippen LogP) is 3.70. The van der Waals surface area contributed by atoms with Crippen molar-refractivity contribution in [2.75, 3.05) is 24.5 Å². The zero-order valence-corrected chi connectivity index (χ0v) is 14.9. The van der Waals surface area contributed by atoms with Gasteiger partial charge >= 0.3 is 0 Å². The third kappa shape index (κ3) is 3.16. The van der Waals surface area contributed by atoms with Crippen LogP contribution in [0.4, 0.5) is 15.9 Å². The summed E-state index contributed by atoms with van der Waals surface area (Å²) < 4.78 is 13.3. The molecule has 136 valence electrons. The molecule has 1 unspecified atom stereocenters. The molecule has 0 spiro atoms. The van der Waals surface area contributed by atoms with E-state index in [-0.39, 0.29) is 5.91 Å². The molecule has 4 rings (SSSR count). The molecule has 1 aromatic heterocycles. The predicted molar refractivity (Wildman–Crippen MR) is 98.5 cm³/mol. The van der Waals surface area contributed by atoms with Crippen molar-refractivity contribution in [1.82, 2.24) is 14.9 Å². The molecule has 1 fully saturated rings. The third-order valence-electron chi connectivity index (χ3n) is 5.42. The SMILES string of the molecule is CC1CCN(c2cnccn2)c2ccc(C(=O)N3CCC(F)CC3)cc21. The van der Waals surface area contributed by atoms with E-state index in [2.05, 4.69) is 21.8 Å². The van der Waals surface area contributed by atoms with E-state index in [4.69, 9.17) is 0 Å². The van der Waals surface area contributed by atoms with Crippen LogP contribution >= 0.6 is 0 Å².